The maximum Gasteiger partial charge on any atom is 0.130 e. The van der Waals surface area contributed by atoms with Gasteiger partial charge >= 0.3 is 0 Å². The van der Waals surface area contributed by atoms with Crippen LogP contribution in [0.2, 0.25) is 0 Å². The number of hydrogen-bond acceptors (Lipinski definition) is 2. The SMILES string of the molecule is CC(C)(C)c1ccc(Nc2ccc(CCCl)cc2)nc1. The Morgan fingerprint density at radius 2 is 1.75 bits per heavy atom. The summed E-state index contributed by atoms with van der Waals surface area (Å²) in [5.41, 5.74) is 3.66. The van der Waals surface area contributed by atoms with Crippen molar-refractivity contribution in [2.24, 2.45) is 0 Å². The molecule has 0 radical (unpaired) electrons. The molecule has 1 N–H and O–H groups in total. The largest absolute Gasteiger partial charge is 0.340 e. The minimum Gasteiger partial charge on any atom is -0.340 e. The summed E-state index contributed by atoms with van der Waals surface area (Å²) in [7, 11) is 0. The van der Waals surface area contributed by atoms with Crippen LogP contribution in [0.3, 0.4) is 0 Å². The van der Waals surface area contributed by atoms with Gasteiger partial charge in [0.15, 0.2) is 0 Å². The monoisotopic (exact) mass is 288 g/mol. The molecule has 0 saturated carbocycles. The van der Waals surface area contributed by atoms with Gasteiger partial charge < -0.3 is 5.32 Å². The summed E-state index contributed by atoms with van der Waals surface area (Å²) in [5, 5.41) is 3.31. The number of hydrogen-bond donors (Lipinski definition) is 1. The fourth-order valence-electron chi connectivity index (χ4n) is 1.92. The standard InChI is InChI=1S/C17H21ClN2/c1-17(2,3)14-6-9-16(19-12-14)20-15-7-4-13(5-8-15)10-11-18/h4-9,12H,10-11H2,1-3H3,(H,19,20). The fourth-order valence-corrected chi connectivity index (χ4v) is 2.14. The van der Waals surface area contributed by atoms with Gasteiger partial charge in [-0.05, 0) is 41.2 Å². The molecule has 3 heteroatoms. The van der Waals surface area contributed by atoms with Crippen LogP contribution in [0.15, 0.2) is 42.6 Å². The van der Waals surface area contributed by atoms with Gasteiger partial charge in [-0.25, -0.2) is 4.98 Å². The Morgan fingerprint density at radius 3 is 2.25 bits per heavy atom. The van der Waals surface area contributed by atoms with Crippen molar-refractivity contribution in [1.29, 1.82) is 0 Å². The van der Waals surface area contributed by atoms with Crippen LogP contribution in [-0.4, -0.2) is 10.9 Å². The third-order valence-electron chi connectivity index (χ3n) is 3.24. The second-order valence-electron chi connectivity index (χ2n) is 5.94. The Hall–Kier alpha value is -1.54. The van der Waals surface area contributed by atoms with E-state index in [1.54, 1.807) is 0 Å². The molecule has 2 nitrogen and oxygen atoms in total. The zero-order chi connectivity index (χ0) is 14.6. The third kappa shape index (κ3) is 3.97. The molecule has 20 heavy (non-hydrogen) atoms. The molecule has 0 fully saturated rings. The molecule has 1 aromatic heterocycles. The van der Waals surface area contributed by atoms with Gasteiger partial charge in [0.25, 0.3) is 0 Å². The highest BCUT2D eigenvalue weighted by molar-refractivity contribution is 6.17. The highest BCUT2D eigenvalue weighted by Gasteiger charge is 2.13. The van der Waals surface area contributed by atoms with E-state index in [-0.39, 0.29) is 5.41 Å². The van der Waals surface area contributed by atoms with E-state index in [0.29, 0.717) is 5.88 Å². The molecule has 0 aliphatic carbocycles. The molecule has 0 unspecified atom stereocenters. The lowest BCUT2D eigenvalue weighted by Gasteiger charge is -2.18. The van der Waals surface area contributed by atoms with Crippen LogP contribution in [0.25, 0.3) is 0 Å². The van der Waals surface area contributed by atoms with E-state index in [9.17, 15) is 0 Å². The highest BCUT2D eigenvalue weighted by atomic mass is 35.5. The topological polar surface area (TPSA) is 24.9 Å². The summed E-state index contributed by atoms with van der Waals surface area (Å²) in [5.74, 6) is 1.52. The number of nitrogens with one attached hydrogen (secondary N) is 1. The van der Waals surface area contributed by atoms with Crippen molar-refractivity contribution in [3.8, 4) is 0 Å². The first-order valence-corrected chi connectivity index (χ1v) is 7.41. The van der Waals surface area contributed by atoms with Crippen LogP contribution >= 0.6 is 11.6 Å². The number of benzene rings is 1. The number of anilines is 2. The summed E-state index contributed by atoms with van der Waals surface area (Å²) < 4.78 is 0. The molecule has 2 rings (SSSR count). The van der Waals surface area contributed by atoms with E-state index in [1.807, 2.05) is 12.3 Å². The molecule has 0 atom stereocenters. The minimum absolute atomic E-state index is 0.134. The average molecular weight is 289 g/mol. The zero-order valence-electron chi connectivity index (χ0n) is 12.3. The quantitative estimate of drug-likeness (QED) is 0.809. The van der Waals surface area contributed by atoms with Gasteiger partial charge in [-0.3, -0.25) is 0 Å². The van der Waals surface area contributed by atoms with Gasteiger partial charge in [-0.2, -0.15) is 0 Å². The lowest BCUT2D eigenvalue weighted by atomic mass is 9.88. The van der Waals surface area contributed by atoms with Gasteiger partial charge in [0.2, 0.25) is 0 Å². The Kier molecular flexibility index (Phi) is 4.66. The molecular formula is C17H21ClN2. The Bertz CT molecular complexity index is 539. The average Bonchev–Trinajstić information content (AvgIpc) is 2.41. The number of nitrogens with zero attached hydrogens (tertiary/aromatic N) is 1. The smallest absolute Gasteiger partial charge is 0.130 e. The van der Waals surface area contributed by atoms with Crippen molar-refractivity contribution in [3.05, 3.63) is 53.7 Å². The van der Waals surface area contributed by atoms with Crippen LogP contribution in [0.4, 0.5) is 11.5 Å². The normalized spacial score (nSPS) is 11.4. The minimum atomic E-state index is 0.134. The van der Waals surface area contributed by atoms with E-state index in [1.165, 1.54) is 11.1 Å². The van der Waals surface area contributed by atoms with Gasteiger partial charge in [0.1, 0.15) is 5.82 Å². The number of halogens is 1. The van der Waals surface area contributed by atoms with Crippen LogP contribution in [0.1, 0.15) is 31.9 Å². The molecule has 0 spiro atoms. The van der Waals surface area contributed by atoms with E-state index < -0.39 is 0 Å². The molecule has 0 aliphatic rings. The molecule has 2 aromatic rings. The summed E-state index contributed by atoms with van der Waals surface area (Å²) in [6.45, 7) is 6.56. The fraction of sp³-hybridized carbons (Fsp3) is 0.353. The molecular weight excluding hydrogens is 268 g/mol. The molecule has 0 bridgehead atoms. The maximum absolute atomic E-state index is 5.73. The zero-order valence-corrected chi connectivity index (χ0v) is 13.0. The second kappa shape index (κ2) is 6.27. The predicted molar refractivity (Wildman–Crippen MR) is 87.1 cm³/mol. The number of aryl methyl sites for hydroxylation is 1. The number of rotatable bonds is 4. The van der Waals surface area contributed by atoms with E-state index in [0.717, 1.165) is 17.9 Å². The van der Waals surface area contributed by atoms with Crippen LogP contribution in [0.5, 0.6) is 0 Å². The molecule has 106 valence electrons. The summed E-state index contributed by atoms with van der Waals surface area (Å²) >= 11 is 5.73. The Balaban J connectivity index is 2.06. The first-order valence-electron chi connectivity index (χ1n) is 6.87. The molecule has 1 heterocycles. The second-order valence-corrected chi connectivity index (χ2v) is 6.32. The first-order chi connectivity index (χ1) is 9.49. The van der Waals surface area contributed by atoms with Crippen molar-refractivity contribution in [1.82, 2.24) is 4.98 Å². The first kappa shape index (κ1) is 14.9. The van der Waals surface area contributed by atoms with Crippen LogP contribution < -0.4 is 5.32 Å². The van der Waals surface area contributed by atoms with Gasteiger partial charge in [0, 0.05) is 17.8 Å². The number of aromatic nitrogens is 1. The molecule has 0 aliphatic heterocycles. The van der Waals surface area contributed by atoms with Crippen molar-refractivity contribution >= 4 is 23.1 Å². The predicted octanol–water partition coefficient (Wildman–Crippen LogP) is 4.90. The molecule has 0 saturated heterocycles. The van der Waals surface area contributed by atoms with E-state index >= 15 is 0 Å². The van der Waals surface area contributed by atoms with E-state index in [2.05, 4.69) is 61.4 Å². The van der Waals surface area contributed by atoms with Gasteiger partial charge in [0.05, 0.1) is 0 Å². The number of alkyl halides is 1. The van der Waals surface area contributed by atoms with Crippen molar-refractivity contribution in [2.75, 3.05) is 11.2 Å². The van der Waals surface area contributed by atoms with Crippen molar-refractivity contribution in [3.63, 3.8) is 0 Å². The Labute approximate surface area is 126 Å². The lowest BCUT2D eigenvalue weighted by molar-refractivity contribution is 0.587. The summed E-state index contributed by atoms with van der Waals surface area (Å²) in [6.07, 6.45) is 2.84. The van der Waals surface area contributed by atoms with Crippen LogP contribution in [0, 0.1) is 0 Å². The van der Waals surface area contributed by atoms with Crippen molar-refractivity contribution in [2.45, 2.75) is 32.6 Å². The number of pyridine rings is 1. The maximum atomic E-state index is 5.73. The van der Waals surface area contributed by atoms with Gasteiger partial charge in [-0.15, -0.1) is 11.6 Å². The third-order valence-corrected chi connectivity index (χ3v) is 3.43. The highest BCUT2D eigenvalue weighted by Crippen LogP contribution is 2.23. The van der Waals surface area contributed by atoms with Crippen LogP contribution in [-0.2, 0) is 11.8 Å². The summed E-state index contributed by atoms with van der Waals surface area (Å²) in [6, 6.07) is 12.4. The lowest BCUT2D eigenvalue weighted by Crippen LogP contribution is -2.11. The van der Waals surface area contributed by atoms with Gasteiger partial charge in [-0.1, -0.05) is 39.0 Å². The van der Waals surface area contributed by atoms with E-state index in [4.69, 9.17) is 11.6 Å². The Morgan fingerprint density at radius 1 is 1.05 bits per heavy atom. The van der Waals surface area contributed by atoms with Crippen molar-refractivity contribution < 1.29 is 0 Å². The summed E-state index contributed by atoms with van der Waals surface area (Å²) in [4.78, 5) is 4.47. The molecule has 1 aromatic carbocycles. The molecule has 0 amide bonds.